The number of sulfone groups is 1. The quantitative estimate of drug-likeness (QED) is 0.747. The Bertz CT molecular complexity index is 702. The van der Waals surface area contributed by atoms with Crippen molar-refractivity contribution in [3.8, 4) is 11.5 Å². The molecule has 0 aromatic heterocycles. The first kappa shape index (κ1) is 21.5. The van der Waals surface area contributed by atoms with E-state index in [1.165, 1.54) is 7.11 Å². The Morgan fingerprint density at radius 1 is 1.24 bits per heavy atom. The maximum Gasteiger partial charge on any atom is 0.241 e. The van der Waals surface area contributed by atoms with Crippen LogP contribution in [0.25, 0.3) is 0 Å². The first-order chi connectivity index (χ1) is 11.3. The van der Waals surface area contributed by atoms with E-state index in [1.54, 1.807) is 25.3 Å². The van der Waals surface area contributed by atoms with Crippen molar-refractivity contribution in [2.24, 2.45) is 0 Å². The molecule has 1 aliphatic heterocycles. The van der Waals surface area contributed by atoms with Crippen LogP contribution in [0.15, 0.2) is 18.2 Å². The Hall–Kier alpha value is -1.51. The minimum Gasteiger partial charge on any atom is -0.497 e. The summed E-state index contributed by atoms with van der Waals surface area (Å²) in [5, 5.41) is 5.85. The second-order valence-corrected chi connectivity index (χ2v) is 8.20. The molecule has 142 valence electrons. The lowest BCUT2D eigenvalue weighted by Crippen LogP contribution is -2.57. The SMILES string of the molecule is COc1ccc(CNC(=O)C2(S(C)(=O)=O)CCNCC2)c(OC)c1.Cl. The number of piperidine rings is 1. The van der Waals surface area contributed by atoms with Crippen molar-refractivity contribution in [3.05, 3.63) is 23.8 Å². The van der Waals surface area contributed by atoms with Gasteiger partial charge in [-0.05, 0) is 38.1 Å². The first-order valence-corrected chi connectivity index (χ1v) is 9.63. The summed E-state index contributed by atoms with van der Waals surface area (Å²) in [4.78, 5) is 12.7. The molecule has 2 N–H and O–H groups in total. The van der Waals surface area contributed by atoms with Crippen LogP contribution in [-0.2, 0) is 21.2 Å². The molecule has 1 aromatic rings. The molecule has 0 spiro atoms. The summed E-state index contributed by atoms with van der Waals surface area (Å²) in [7, 11) is -0.429. The molecule has 0 aliphatic carbocycles. The van der Waals surface area contributed by atoms with Crippen LogP contribution in [0.3, 0.4) is 0 Å². The second-order valence-electron chi connectivity index (χ2n) is 5.88. The zero-order valence-electron chi connectivity index (χ0n) is 14.6. The molecule has 1 fully saturated rings. The van der Waals surface area contributed by atoms with Crippen LogP contribution < -0.4 is 20.1 Å². The average Bonchev–Trinajstić information content (AvgIpc) is 2.59. The van der Waals surface area contributed by atoms with Crippen LogP contribution in [0.4, 0.5) is 0 Å². The molecule has 1 aromatic carbocycles. The number of methoxy groups -OCH3 is 2. The molecular weight excluding hydrogens is 368 g/mol. The van der Waals surface area contributed by atoms with Gasteiger partial charge in [0.25, 0.3) is 0 Å². The Balaban J connectivity index is 0.00000312. The molecule has 0 atom stereocenters. The number of ether oxygens (including phenoxy) is 2. The summed E-state index contributed by atoms with van der Waals surface area (Å²) in [5.74, 6) is 0.769. The van der Waals surface area contributed by atoms with E-state index in [4.69, 9.17) is 9.47 Å². The highest BCUT2D eigenvalue weighted by atomic mass is 35.5. The van der Waals surface area contributed by atoms with Gasteiger partial charge < -0.3 is 20.1 Å². The summed E-state index contributed by atoms with van der Waals surface area (Å²) < 4.78 is 33.6. The van der Waals surface area contributed by atoms with Gasteiger partial charge in [-0.3, -0.25) is 4.79 Å². The largest absolute Gasteiger partial charge is 0.497 e. The van der Waals surface area contributed by atoms with E-state index in [1.807, 2.05) is 0 Å². The smallest absolute Gasteiger partial charge is 0.241 e. The van der Waals surface area contributed by atoms with Gasteiger partial charge in [0, 0.05) is 24.4 Å². The predicted molar refractivity (Wildman–Crippen MR) is 98.3 cm³/mol. The second kappa shape index (κ2) is 8.73. The lowest BCUT2D eigenvalue weighted by molar-refractivity contribution is -0.124. The molecular formula is C16H25ClN2O5S. The van der Waals surface area contributed by atoms with Crippen LogP contribution >= 0.6 is 12.4 Å². The zero-order valence-corrected chi connectivity index (χ0v) is 16.3. The molecule has 7 nitrogen and oxygen atoms in total. The van der Waals surface area contributed by atoms with Crippen molar-refractivity contribution in [1.82, 2.24) is 10.6 Å². The fourth-order valence-electron chi connectivity index (χ4n) is 2.93. The van der Waals surface area contributed by atoms with Gasteiger partial charge in [0.1, 0.15) is 11.5 Å². The fourth-order valence-corrected chi connectivity index (χ4v) is 4.29. The Kier molecular flexibility index (Phi) is 7.52. The molecule has 0 radical (unpaired) electrons. The Morgan fingerprint density at radius 2 is 1.88 bits per heavy atom. The highest BCUT2D eigenvalue weighted by Gasteiger charge is 2.48. The van der Waals surface area contributed by atoms with E-state index in [9.17, 15) is 13.2 Å². The number of nitrogens with one attached hydrogen (secondary N) is 2. The van der Waals surface area contributed by atoms with E-state index < -0.39 is 20.5 Å². The topological polar surface area (TPSA) is 93.7 Å². The van der Waals surface area contributed by atoms with Crippen molar-refractivity contribution in [1.29, 1.82) is 0 Å². The number of halogens is 1. The monoisotopic (exact) mass is 392 g/mol. The average molecular weight is 393 g/mol. The molecule has 0 saturated carbocycles. The number of benzene rings is 1. The third kappa shape index (κ3) is 4.56. The van der Waals surface area contributed by atoms with E-state index in [-0.39, 0.29) is 31.8 Å². The number of amides is 1. The first-order valence-electron chi connectivity index (χ1n) is 7.73. The van der Waals surface area contributed by atoms with E-state index in [2.05, 4.69) is 10.6 Å². The zero-order chi connectivity index (χ0) is 17.8. The summed E-state index contributed by atoms with van der Waals surface area (Å²) >= 11 is 0. The van der Waals surface area contributed by atoms with Crippen molar-refractivity contribution >= 4 is 28.2 Å². The van der Waals surface area contributed by atoms with Gasteiger partial charge in [0.2, 0.25) is 5.91 Å². The number of hydrogen-bond acceptors (Lipinski definition) is 6. The van der Waals surface area contributed by atoms with Gasteiger partial charge in [-0.15, -0.1) is 12.4 Å². The van der Waals surface area contributed by atoms with E-state index in [0.29, 0.717) is 24.6 Å². The van der Waals surface area contributed by atoms with Crippen molar-refractivity contribution in [2.75, 3.05) is 33.6 Å². The molecule has 1 amide bonds. The normalized spacial score (nSPS) is 16.4. The molecule has 9 heteroatoms. The molecule has 1 aliphatic rings. The van der Waals surface area contributed by atoms with Crippen LogP contribution in [0, 0.1) is 0 Å². The number of rotatable bonds is 6. The Labute approximate surface area is 154 Å². The van der Waals surface area contributed by atoms with Crippen molar-refractivity contribution in [3.63, 3.8) is 0 Å². The Morgan fingerprint density at radius 3 is 2.40 bits per heavy atom. The van der Waals surface area contributed by atoms with E-state index in [0.717, 1.165) is 11.8 Å². The maximum atomic E-state index is 12.7. The number of carbonyl (C=O) groups is 1. The minimum atomic E-state index is -3.52. The van der Waals surface area contributed by atoms with Crippen molar-refractivity contribution < 1.29 is 22.7 Å². The maximum absolute atomic E-state index is 12.7. The van der Waals surface area contributed by atoms with Gasteiger partial charge in [-0.1, -0.05) is 0 Å². The number of hydrogen-bond donors (Lipinski definition) is 2. The third-order valence-corrected chi connectivity index (χ3v) is 6.48. The summed E-state index contributed by atoms with van der Waals surface area (Å²) in [6, 6.07) is 5.27. The van der Waals surface area contributed by atoms with Crippen LogP contribution in [-0.4, -0.2) is 52.6 Å². The van der Waals surface area contributed by atoms with Gasteiger partial charge >= 0.3 is 0 Å². The highest BCUT2D eigenvalue weighted by molar-refractivity contribution is 7.92. The molecule has 25 heavy (non-hydrogen) atoms. The lowest BCUT2D eigenvalue weighted by Gasteiger charge is -2.34. The number of carbonyl (C=O) groups excluding carboxylic acids is 1. The third-order valence-electron chi connectivity index (χ3n) is 4.47. The van der Waals surface area contributed by atoms with Crippen LogP contribution in [0.2, 0.25) is 0 Å². The van der Waals surface area contributed by atoms with Gasteiger partial charge in [0.05, 0.1) is 14.2 Å². The predicted octanol–water partition coefficient (Wildman–Crippen LogP) is 0.909. The summed E-state index contributed by atoms with van der Waals surface area (Å²) in [5.41, 5.74) is 0.754. The van der Waals surface area contributed by atoms with Gasteiger partial charge in [-0.2, -0.15) is 0 Å². The lowest BCUT2D eigenvalue weighted by atomic mass is 9.95. The molecule has 2 rings (SSSR count). The standard InChI is InChI=1S/C16H24N2O5S.ClH/c1-22-13-5-4-12(14(10-13)23-2)11-18-15(19)16(24(3,20)21)6-8-17-9-7-16;/h4-5,10,17H,6-9,11H2,1-3H3,(H,18,19);1H. The summed E-state index contributed by atoms with van der Waals surface area (Å²) in [6.45, 7) is 1.20. The van der Waals surface area contributed by atoms with Crippen LogP contribution in [0.1, 0.15) is 18.4 Å². The molecule has 1 heterocycles. The minimum absolute atomic E-state index is 0. The van der Waals surface area contributed by atoms with Gasteiger partial charge in [0.15, 0.2) is 14.6 Å². The molecule has 1 saturated heterocycles. The van der Waals surface area contributed by atoms with Crippen LogP contribution in [0.5, 0.6) is 11.5 Å². The highest BCUT2D eigenvalue weighted by Crippen LogP contribution is 2.29. The summed E-state index contributed by atoms with van der Waals surface area (Å²) in [6.07, 6.45) is 1.68. The van der Waals surface area contributed by atoms with Gasteiger partial charge in [-0.25, -0.2) is 8.42 Å². The molecule has 0 bridgehead atoms. The van der Waals surface area contributed by atoms with E-state index >= 15 is 0 Å². The van der Waals surface area contributed by atoms with Crippen molar-refractivity contribution in [2.45, 2.75) is 24.1 Å². The fraction of sp³-hybridized carbons (Fsp3) is 0.562. The molecule has 0 unspecified atom stereocenters.